The van der Waals surface area contributed by atoms with E-state index in [4.69, 9.17) is 4.74 Å². The molecule has 0 aliphatic carbocycles. The maximum Gasteiger partial charge on any atom is 0.0717 e. The molecule has 0 aromatic carbocycles. The molecule has 0 aliphatic rings. The van der Waals surface area contributed by atoms with Crippen molar-refractivity contribution in [2.24, 2.45) is 0 Å². The van der Waals surface area contributed by atoms with E-state index in [1.807, 2.05) is 6.92 Å². The molecule has 0 saturated heterocycles. The van der Waals surface area contributed by atoms with Crippen LogP contribution in [0, 0.1) is 0 Å². The molecule has 0 aliphatic heterocycles. The van der Waals surface area contributed by atoms with E-state index in [0.29, 0.717) is 12.7 Å². The summed E-state index contributed by atoms with van der Waals surface area (Å²) in [5.74, 6) is 0. The normalized spacial score (nSPS) is 14.2. The van der Waals surface area contributed by atoms with E-state index in [2.05, 4.69) is 45.5 Å². The lowest BCUT2D eigenvalue weighted by atomic mass is 10.1. The molecule has 0 spiro atoms. The summed E-state index contributed by atoms with van der Waals surface area (Å²) in [6.45, 7) is 12.0. The van der Waals surface area contributed by atoms with Gasteiger partial charge in [0.1, 0.15) is 0 Å². The number of hydrogen-bond donors (Lipinski definition) is 0. The highest BCUT2D eigenvalue weighted by molar-refractivity contribution is 5.25. The zero-order chi connectivity index (χ0) is 12.6. The molecule has 0 rings (SSSR count). The largest absolute Gasteiger partial charge is 0.374 e. The number of rotatable bonds is 8. The Hall–Kier alpha value is -0.600. The van der Waals surface area contributed by atoms with Crippen LogP contribution in [0.1, 0.15) is 33.6 Å². The van der Waals surface area contributed by atoms with Crippen molar-refractivity contribution in [2.75, 3.05) is 27.2 Å². The van der Waals surface area contributed by atoms with E-state index in [0.717, 1.165) is 25.0 Å². The summed E-state index contributed by atoms with van der Waals surface area (Å²) in [7, 11) is 4.19. The molecule has 0 bridgehead atoms. The van der Waals surface area contributed by atoms with Crippen LogP contribution in [0.15, 0.2) is 23.8 Å². The molecule has 0 N–H and O–H groups in total. The topological polar surface area (TPSA) is 12.5 Å². The molecule has 1 unspecified atom stereocenters. The maximum atomic E-state index is 5.86. The second kappa shape index (κ2) is 8.54. The molecular weight excluding hydrogens is 198 g/mol. The van der Waals surface area contributed by atoms with Crippen molar-refractivity contribution >= 4 is 0 Å². The van der Waals surface area contributed by atoms with E-state index >= 15 is 0 Å². The first kappa shape index (κ1) is 15.4. The SMILES string of the molecule is C=C(COC(CC)CCN(C)C)/C(C)=C\C. The number of nitrogens with zero attached hydrogens (tertiary/aromatic N) is 1. The molecule has 16 heavy (non-hydrogen) atoms. The minimum absolute atomic E-state index is 0.351. The maximum absolute atomic E-state index is 5.86. The number of allylic oxidation sites excluding steroid dienone is 1. The van der Waals surface area contributed by atoms with Gasteiger partial charge in [0.05, 0.1) is 12.7 Å². The molecule has 0 aromatic heterocycles. The van der Waals surface area contributed by atoms with E-state index in [1.54, 1.807) is 0 Å². The fourth-order valence-electron chi connectivity index (χ4n) is 1.34. The Labute approximate surface area is 101 Å². The molecule has 2 nitrogen and oxygen atoms in total. The average Bonchev–Trinajstić information content (AvgIpc) is 2.27. The summed E-state index contributed by atoms with van der Waals surface area (Å²) in [4.78, 5) is 2.19. The van der Waals surface area contributed by atoms with Gasteiger partial charge in [-0.05, 0) is 52.9 Å². The van der Waals surface area contributed by atoms with Gasteiger partial charge < -0.3 is 9.64 Å². The molecule has 94 valence electrons. The Morgan fingerprint density at radius 2 is 2.06 bits per heavy atom. The van der Waals surface area contributed by atoms with E-state index in [1.165, 1.54) is 5.57 Å². The standard InChI is InChI=1S/C14H27NO/c1-7-12(3)13(4)11-16-14(8-2)9-10-15(5)6/h7,14H,4,8-11H2,1-3,5-6H3/b12-7-. The lowest BCUT2D eigenvalue weighted by Gasteiger charge is -2.19. The first-order chi connectivity index (χ1) is 7.51. The smallest absolute Gasteiger partial charge is 0.0717 e. The summed E-state index contributed by atoms with van der Waals surface area (Å²) in [5.41, 5.74) is 2.31. The Bertz CT molecular complexity index is 231. The van der Waals surface area contributed by atoms with Gasteiger partial charge in [0.2, 0.25) is 0 Å². The fourth-order valence-corrected chi connectivity index (χ4v) is 1.34. The Morgan fingerprint density at radius 1 is 1.44 bits per heavy atom. The van der Waals surface area contributed by atoms with Crippen molar-refractivity contribution in [1.82, 2.24) is 4.90 Å². The highest BCUT2D eigenvalue weighted by Crippen LogP contribution is 2.11. The molecule has 0 fully saturated rings. The van der Waals surface area contributed by atoms with Crippen LogP contribution in [0.2, 0.25) is 0 Å². The van der Waals surface area contributed by atoms with Crippen LogP contribution in [0.3, 0.4) is 0 Å². The highest BCUT2D eigenvalue weighted by atomic mass is 16.5. The van der Waals surface area contributed by atoms with Crippen LogP contribution in [-0.4, -0.2) is 38.3 Å². The van der Waals surface area contributed by atoms with Crippen LogP contribution in [-0.2, 0) is 4.74 Å². The van der Waals surface area contributed by atoms with Crippen molar-refractivity contribution < 1.29 is 4.74 Å². The molecule has 0 amide bonds. The number of ether oxygens (including phenoxy) is 1. The van der Waals surface area contributed by atoms with Gasteiger partial charge in [-0.1, -0.05) is 25.2 Å². The summed E-state index contributed by atoms with van der Waals surface area (Å²) >= 11 is 0. The first-order valence-electron chi connectivity index (χ1n) is 6.08. The van der Waals surface area contributed by atoms with Crippen LogP contribution < -0.4 is 0 Å². The van der Waals surface area contributed by atoms with Gasteiger partial charge in [-0.15, -0.1) is 0 Å². The predicted octanol–water partition coefficient (Wildman–Crippen LogP) is 3.26. The molecule has 2 heteroatoms. The van der Waals surface area contributed by atoms with E-state index in [-0.39, 0.29) is 0 Å². The summed E-state index contributed by atoms with van der Waals surface area (Å²) in [6.07, 6.45) is 4.58. The minimum atomic E-state index is 0.351. The zero-order valence-corrected chi connectivity index (χ0v) is 11.5. The summed E-state index contributed by atoms with van der Waals surface area (Å²) in [6, 6.07) is 0. The predicted molar refractivity (Wildman–Crippen MR) is 71.8 cm³/mol. The van der Waals surface area contributed by atoms with Crippen molar-refractivity contribution in [2.45, 2.75) is 39.7 Å². The first-order valence-corrected chi connectivity index (χ1v) is 6.08. The van der Waals surface area contributed by atoms with Gasteiger partial charge in [-0.2, -0.15) is 0 Å². The molecule has 0 saturated carbocycles. The highest BCUT2D eigenvalue weighted by Gasteiger charge is 2.08. The van der Waals surface area contributed by atoms with Gasteiger partial charge in [0.15, 0.2) is 0 Å². The lowest BCUT2D eigenvalue weighted by molar-refractivity contribution is 0.0564. The van der Waals surface area contributed by atoms with Crippen molar-refractivity contribution in [3.63, 3.8) is 0 Å². The van der Waals surface area contributed by atoms with Gasteiger partial charge in [-0.3, -0.25) is 0 Å². The molecular formula is C14H27NO. The molecule has 0 radical (unpaired) electrons. The van der Waals surface area contributed by atoms with Crippen LogP contribution in [0.25, 0.3) is 0 Å². The van der Waals surface area contributed by atoms with Gasteiger partial charge >= 0.3 is 0 Å². The van der Waals surface area contributed by atoms with Crippen LogP contribution >= 0.6 is 0 Å². The number of hydrogen-bond acceptors (Lipinski definition) is 2. The molecule has 0 aromatic rings. The zero-order valence-electron chi connectivity index (χ0n) is 11.5. The quantitative estimate of drug-likeness (QED) is 0.588. The average molecular weight is 225 g/mol. The van der Waals surface area contributed by atoms with Crippen molar-refractivity contribution in [3.05, 3.63) is 23.8 Å². The Kier molecular flexibility index (Phi) is 8.22. The van der Waals surface area contributed by atoms with Crippen molar-refractivity contribution in [1.29, 1.82) is 0 Å². The van der Waals surface area contributed by atoms with Gasteiger partial charge in [0.25, 0.3) is 0 Å². The van der Waals surface area contributed by atoms with Crippen molar-refractivity contribution in [3.8, 4) is 0 Å². The second-order valence-corrected chi connectivity index (χ2v) is 4.51. The Morgan fingerprint density at radius 3 is 2.50 bits per heavy atom. The second-order valence-electron chi connectivity index (χ2n) is 4.51. The third-order valence-corrected chi connectivity index (χ3v) is 2.84. The summed E-state index contributed by atoms with van der Waals surface area (Å²) in [5, 5.41) is 0. The monoisotopic (exact) mass is 225 g/mol. The molecule has 1 atom stereocenters. The van der Waals surface area contributed by atoms with Gasteiger partial charge in [0, 0.05) is 0 Å². The van der Waals surface area contributed by atoms with Gasteiger partial charge in [-0.25, -0.2) is 0 Å². The molecule has 0 heterocycles. The van der Waals surface area contributed by atoms with Crippen LogP contribution in [0.4, 0.5) is 0 Å². The lowest BCUT2D eigenvalue weighted by Crippen LogP contribution is -2.22. The van der Waals surface area contributed by atoms with E-state index in [9.17, 15) is 0 Å². The minimum Gasteiger partial charge on any atom is -0.374 e. The van der Waals surface area contributed by atoms with E-state index < -0.39 is 0 Å². The summed E-state index contributed by atoms with van der Waals surface area (Å²) < 4.78 is 5.86. The third kappa shape index (κ3) is 6.81. The van der Waals surface area contributed by atoms with Crippen LogP contribution in [0.5, 0.6) is 0 Å². The third-order valence-electron chi connectivity index (χ3n) is 2.84. The fraction of sp³-hybridized carbons (Fsp3) is 0.714. The Balaban J connectivity index is 3.91.